The van der Waals surface area contributed by atoms with Crippen LogP contribution in [0.5, 0.6) is 5.75 Å². The first kappa shape index (κ1) is 21.3. The van der Waals surface area contributed by atoms with E-state index in [1.54, 1.807) is 30.3 Å². The molecule has 0 bridgehead atoms. The Labute approximate surface area is 197 Å². The lowest BCUT2D eigenvalue weighted by Crippen LogP contribution is -2.29. The smallest absolute Gasteiger partial charge is 0.343 e. The second kappa shape index (κ2) is 8.75. The van der Waals surface area contributed by atoms with Gasteiger partial charge in [0.15, 0.2) is 0 Å². The summed E-state index contributed by atoms with van der Waals surface area (Å²) >= 11 is 6.08. The van der Waals surface area contributed by atoms with Crippen molar-refractivity contribution in [1.82, 2.24) is 0 Å². The Bertz CT molecular complexity index is 1250. The molecule has 1 aliphatic heterocycles. The zero-order valence-electron chi connectivity index (χ0n) is 18.0. The standard InChI is InChI=1S/C27H22ClNO4/c1-32-27(31)21-5-2-3-8-24(21)33-26(30)17-11-14-23-22(15-17)19-6-4-7-20(19)25(29-23)16-9-12-18(28)13-10-16/h2-6,8-15,19-20,25,29H,7H2,1H3. The van der Waals surface area contributed by atoms with E-state index in [0.29, 0.717) is 16.5 Å². The van der Waals surface area contributed by atoms with Crippen molar-refractivity contribution in [2.24, 2.45) is 5.92 Å². The zero-order valence-corrected chi connectivity index (χ0v) is 18.7. The van der Waals surface area contributed by atoms with E-state index in [1.807, 2.05) is 24.3 Å². The Morgan fingerprint density at radius 1 is 1.00 bits per heavy atom. The van der Waals surface area contributed by atoms with Crippen LogP contribution in [0.15, 0.2) is 78.9 Å². The summed E-state index contributed by atoms with van der Waals surface area (Å²) in [7, 11) is 1.29. The summed E-state index contributed by atoms with van der Waals surface area (Å²) in [5.41, 5.74) is 3.88. The number of hydrogen-bond donors (Lipinski definition) is 1. The quantitative estimate of drug-likeness (QED) is 0.287. The van der Waals surface area contributed by atoms with Gasteiger partial charge in [-0.1, -0.05) is 48.0 Å². The summed E-state index contributed by atoms with van der Waals surface area (Å²) in [6, 6.07) is 20.2. The molecule has 3 aromatic rings. The number of nitrogens with one attached hydrogen (secondary N) is 1. The van der Waals surface area contributed by atoms with Gasteiger partial charge >= 0.3 is 11.9 Å². The van der Waals surface area contributed by atoms with E-state index < -0.39 is 11.9 Å². The number of anilines is 1. The van der Waals surface area contributed by atoms with Crippen LogP contribution in [0.2, 0.25) is 5.02 Å². The lowest BCUT2D eigenvalue weighted by Gasteiger charge is -2.37. The van der Waals surface area contributed by atoms with Crippen molar-refractivity contribution >= 4 is 29.2 Å². The summed E-state index contributed by atoms with van der Waals surface area (Å²) in [5.74, 6) is -0.374. The molecule has 0 aromatic heterocycles. The van der Waals surface area contributed by atoms with Gasteiger partial charge in [0.2, 0.25) is 0 Å². The SMILES string of the molecule is COC(=O)c1ccccc1OC(=O)c1ccc2c(c1)C1C=CCC1C(c1ccc(Cl)cc1)N2. The molecule has 0 radical (unpaired) electrons. The topological polar surface area (TPSA) is 64.6 Å². The number of halogens is 1. The zero-order chi connectivity index (χ0) is 22.9. The Morgan fingerprint density at radius 2 is 1.79 bits per heavy atom. The van der Waals surface area contributed by atoms with E-state index in [9.17, 15) is 9.59 Å². The molecule has 1 N–H and O–H groups in total. The maximum atomic E-state index is 12.9. The van der Waals surface area contributed by atoms with E-state index >= 15 is 0 Å². The fraction of sp³-hybridized carbons (Fsp3) is 0.185. The number of para-hydroxylation sites is 1. The summed E-state index contributed by atoms with van der Waals surface area (Å²) < 4.78 is 10.4. The number of benzene rings is 3. The van der Waals surface area contributed by atoms with Gasteiger partial charge in [-0.25, -0.2) is 9.59 Å². The fourth-order valence-electron chi connectivity index (χ4n) is 4.71. The number of hydrogen-bond acceptors (Lipinski definition) is 5. The van der Waals surface area contributed by atoms with Crippen molar-refractivity contribution in [2.75, 3.05) is 12.4 Å². The number of rotatable bonds is 4. The third-order valence-corrected chi connectivity index (χ3v) is 6.57. The van der Waals surface area contributed by atoms with Gasteiger partial charge in [-0.05, 0) is 65.9 Å². The lowest BCUT2D eigenvalue weighted by molar-refractivity contribution is 0.0593. The van der Waals surface area contributed by atoms with Crippen molar-refractivity contribution in [1.29, 1.82) is 0 Å². The number of methoxy groups -OCH3 is 1. The van der Waals surface area contributed by atoms with Gasteiger partial charge in [0.05, 0.1) is 18.7 Å². The van der Waals surface area contributed by atoms with Gasteiger partial charge in [-0.15, -0.1) is 0 Å². The van der Waals surface area contributed by atoms with Crippen molar-refractivity contribution in [3.8, 4) is 5.75 Å². The third kappa shape index (κ3) is 4.00. The van der Waals surface area contributed by atoms with Crippen LogP contribution in [0, 0.1) is 5.92 Å². The number of allylic oxidation sites excluding steroid dienone is 2. The number of carbonyl (C=O) groups excluding carboxylic acids is 2. The monoisotopic (exact) mass is 459 g/mol. The van der Waals surface area contributed by atoms with E-state index in [1.165, 1.54) is 12.7 Å². The molecule has 166 valence electrons. The van der Waals surface area contributed by atoms with Crippen molar-refractivity contribution in [2.45, 2.75) is 18.4 Å². The molecular weight excluding hydrogens is 438 g/mol. The summed E-state index contributed by atoms with van der Waals surface area (Å²) in [6.07, 6.45) is 5.37. The van der Waals surface area contributed by atoms with Crippen LogP contribution in [0.4, 0.5) is 5.69 Å². The maximum Gasteiger partial charge on any atom is 0.343 e. The summed E-state index contributed by atoms with van der Waals surface area (Å²) in [4.78, 5) is 24.9. The van der Waals surface area contributed by atoms with Crippen LogP contribution < -0.4 is 10.1 Å². The van der Waals surface area contributed by atoms with E-state index in [2.05, 4.69) is 29.6 Å². The summed E-state index contributed by atoms with van der Waals surface area (Å²) in [6.45, 7) is 0. The molecule has 0 fully saturated rings. The second-order valence-electron chi connectivity index (χ2n) is 8.21. The number of esters is 2. The molecule has 1 aliphatic carbocycles. The van der Waals surface area contributed by atoms with Crippen molar-refractivity contribution in [3.05, 3.63) is 106 Å². The number of ether oxygens (including phenoxy) is 2. The Kier molecular flexibility index (Phi) is 5.65. The molecule has 1 heterocycles. The average Bonchev–Trinajstić information content (AvgIpc) is 3.34. The molecule has 33 heavy (non-hydrogen) atoms. The predicted molar refractivity (Wildman–Crippen MR) is 127 cm³/mol. The fourth-order valence-corrected chi connectivity index (χ4v) is 4.84. The van der Waals surface area contributed by atoms with Gasteiger partial charge in [0.25, 0.3) is 0 Å². The van der Waals surface area contributed by atoms with Gasteiger partial charge in [-0.2, -0.15) is 0 Å². The molecule has 0 spiro atoms. The largest absolute Gasteiger partial charge is 0.465 e. The molecular formula is C27H22ClNO4. The average molecular weight is 460 g/mol. The van der Waals surface area contributed by atoms with Crippen LogP contribution in [0.25, 0.3) is 0 Å². The molecule has 0 amide bonds. The van der Waals surface area contributed by atoms with E-state index in [0.717, 1.165) is 17.7 Å². The Hall–Kier alpha value is -3.57. The van der Waals surface area contributed by atoms with E-state index in [-0.39, 0.29) is 23.3 Å². The van der Waals surface area contributed by atoms with Crippen molar-refractivity contribution < 1.29 is 19.1 Å². The Morgan fingerprint density at radius 3 is 2.58 bits per heavy atom. The third-order valence-electron chi connectivity index (χ3n) is 6.32. The van der Waals surface area contributed by atoms with Crippen LogP contribution in [0.1, 0.15) is 50.2 Å². The molecule has 3 atom stereocenters. The first-order valence-corrected chi connectivity index (χ1v) is 11.1. The van der Waals surface area contributed by atoms with Crippen LogP contribution in [-0.2, 0) is 4.74 Å². The molecule has 5 rings (SSSR count). The number of fused-ring (bicyclic) bond motifs is 3. The predicted octanol–water partition coefficient (Wildman–Crippen LogP) is 6.17. The molecule has 5 nitrogen and oxygen atoms in total. The molecule has 2 aliphatic rings. The molecule has 0 saturated heterocycles. The molecule has 0 saturated carbocycles. The van der Waals surface area contributed by atoms with Gasteiger partial charge in [0, 0.05) is 16.6 Å². The highest BCUT2D eigenvalue weighted by molar-refractivity contribution is 6.30. The second-order valence-corrected chi connectivity index (χ2v) is 8.64. The van der Waals surface area contributed by atoms with E-state index in [4.69, 9.17) is 21.1 Å². The maximum absolute atomic E-state index is 12.9. The normalized spacial score (nSPS) is 20.4. The summed E-state index contributed by atoms with van der Waals surface area (Å²) in [5, 5.41) is 4.37. The molecule has 3 aromatic carbocycles. The van der Waals surface area contributed by atoms with Crippen LogP contribution in [0.3, 0.4) is 0 Å². The molecule has 6 heteroatoms. The van der Waals surface area contributed by atoms with Crippen molar-refractivity contribution in [3.63, 3.8) is 0 Å². The van der Waals surface area contributed by atoms with Gasteiger partial charge < -0.3 is 14.8 Å². The number of carbonyl (C=O) groups is 2. The highest BCUT2D eigenvalue weighted by Gasteiger charge is 2.38. The van der Waals surface area contributed by atoms with Crippen LogP contribution >= 0.6 is 11.6 Å². The highest BCUT2D eigenvalue weighted by atomic mass is 35.5. The lowest BCUT2D eigenvalue weighted by atomic mass is 9.76. The minimum absolute atomic E-state index is 0.152. The Balaban J connectivity index is 1.43. The molecule has 3 unspecified atom stereocenters. The van der Waals surface area contributed by atoms with Gasteiger partial charge in [0.1, 0.15) is 11.3 Å². The van der Waals surface area contributed by atoms with Crippen LogP contribution in [-0.4, -0.2) is 19.0 Å². The van der Waals surface area contributed by atoms with Gasteiger partial charge in [-0.3, -0.25) is 0 Å². The minimum atomic E-state index is -0.555. The first-order chi connectivity index (χ1) is 16.0. The first-order valence-electron chi connectivity index (χ1n) is 10.8. The highest BCUT2D eigenvalue weighted by Crippen LogP contribution is 2.50. The minimum Gasteiger partial charge on any atom is -0.465 e.